The number of nitrogens with zero attached hydrogens (tertiary/aromatic N) is 1. The number of benzene rings is 2. The summed E-state index contributed by atoms with van der Waals surface area (Å²) in [5.41, 5.74) is 2.19. The Labute approximate surface area is 177 Å². The molecule has 7 nitrogen and oxygen atoms in total. The Morgan fingerprint density at radius 2 is 1.80 bits per heavy atom. The molecule has 0 spiro atoms. The molecule has 1 saturated heterocycles. The predicted molar refractivity (Wildman–Crippen MR) is 115 cm³/mol. The van der Waals surface area contributed by atoms with Crippen molar-refractivity contribution in [3.8, 4) is 0 Å². The molecule has 1 heterocycles. The van der Waals surface area contributed by atoms with Gasteiger partial charge in [0.1, 0.15) is 0 Å². The van der Waals surface area contributed by atoms with Crippen LogP contribution in [0.15, 0.2) is 53.4 Å². The molecule has 2 aromatic carbocycles. The third kappa shape index (κ3) is 4.21. The number of anilines is 1. The van der Waals surface area contributed by atoms with Gasteiger partial charge in [-0.25, -0.2) is 13.6 Å². The second kappa shape index (κ2) is 8.37. The Bertz CT molecular complexity index is 1010. The zero-order valence-electron chi connectivity index (χ0n) is 16.8. The molecule has 3 N–H and O–H groups in total. The number of sulfonamides is 1. The van der Waals surface area contributed by atoms with Crippen LogP contribution in [0.4, 0.5) is 5.69 Å². The van der Waals surface area contributed by atoms with Crippen LogP contribution in [0.2, 0.25) is 0 Å². The van der Waals surface area contributed by atoms with Crippen molar-refractivity contribution in [1.29, 1.82) is 0 Å². The van der Waals surface area contributed by atoms with Gasteiger partial charge in [0.25, 0.3) is 5.91 Å². The number of carbonyl (C=O) groups is 1. The first-order valence-corrected chi connectivity index (χ1v) is 11.8. The van der Waals surface area contributed by atoms with Gasteiger partial charge in [-0.3, -0.25) is 4.79 Å². The number of rotatable bonds is 6. The summed E-state index contributed by atoms with van der Waals surface area (Å²) >= 11 is 0. The molecule has 2 aliphatic rings. The maximum atomic E-state index is 13.2. The summed E-state index contributed by atoms with van der Waals surface area (Å²) in [5.74, 6) is -0.288. The summed E-state index contributed by atoms with van der Waals surface area (Å²) in [4.78, 5) is 15.2. The fraction of sp³-hybridized carbons (Fsp3) is 0.409. The highest BCUT2D eigenvalue weighted by Gasteiger charge is 2.39. The van der Waals surface area contributed by atoms with Crippen LogP contribution in [0.3, 0.4) is 0 Å². The molecule has 0 aromatic heterocycles. The first-order chi connectivity index (χ1) is 14.4. The summed E-state index contributed by atoms with van der Waals surface area (Å²) in [7, 11) is -3.91. The molecule has 1 amide bonds. The van der Waals surface area contributed by atoms with E-state index in [1.54, 1.807) is 6.07 Å². The molecule has 30 heavy (non-hydrogen) atoms. The third-order valence-corrected chi connectivity index (χ3v) is 7.09. The van der Waals surface area contributed by atoms with Crippen molar-refractivity contribution in [1.82, 2.24) is 5.32 Å². The predicted octanol–water partition coefficient (Wildman–Crippen LogP) is 2.02. The van der Waals surface area contributed by atoms with Crippen LogP contribution in [-0.4, -0.2) is 47.2 Å². The van der Waals surface area contributed by atoms with Gasteiger partial charge in [-0.05, 0) is 36.6 Å². The van der Waals surface area contributed by atoms with E-state index >= 15 is 0 Å². The molecule has 8 heteroatoms. The van der Waals surface area contributed by atoms with Gasteiger partial charge < -0.3 is 15.0 Å². The Morgan fingerprint density at radius 3 is 2.40 bits per heavy atom. The summed E-state index contributed by atoms with van der Waals surface area (Å²) < 4.78 is 29.1. The van der Waals surface area contributed by atoms with E-state index in [-0.39, 0.29) is 16.2 Å². The van der Waals surface area contributed by atoms with Crippen LogP contribution < -0.4 is 15.4 Å². The molecule has 1 aliphatic carbocycles. The van der Waals surface area contributed by atoms with Gasteiger partial charge in [-0.2, -0.15) is 0 Å². The van der Waals surface area contributed by atoms with Gasteiger partial charge in [0.15, 0.2) is 0 Å². The highest BCUT2D eigenvalue weighted by Crippen LogP contribution is 2.43. The van der Waals surface area contributed by atoms with E-state index in [1.165, 1.54) is 17.7 Å². The second-order valence-electron chi connectivity index (χ2n) is 8.01. The first kappa shape index (κ1) is 20.8. The minimum Gasteiger partial charge on any atom is -0.378 e. The highest BCUT2D eigenvalue weighted by molar-refractivity contribution is 7.89. The van der Waals surface area contributed by atoms with E-state index in [9.17, 15) is 13.2 Å². The van der Waals surface area contributed by atoms with Crippen molar-refractivity contribution < 1.29 is 17.9 Å². The van der Waals surface area contributed by atoms with E-state index in [2.05, 4.69) is 17.4 Å². The lowest BCUT2D eigenvalue weighted by Gasteiger charge is -2.42. The van der Waals surface area contributed by atoms with Crippen molar-refractivity contribution in [3.63, 3.8) is 0 Å². The molecular formula is C22H27N3O4S. The number of amides is 1. The standard InChI is InChI=1S/C22H27N3O4S/c23-30(27,28)18-7-8-20(25-11-13-29-14-12-25)19(15-18)21(26)24-16-22(9-4-10-22)17-5-2-1-3-6-17/h1-3,5-8,15H,4,9-14,16H2,(H,24,26)(H2,23,27,28). The number of nitrogens with one attached hydrogen (secondary N) is 1. The summed E-state index contributed by atoms with van der Waals surface area (Å²) in [6.07, 6.45) is 3.17. The lowest BCUT2D eigenvalue weighted by Crippen LogP contribution is -2.46. The number of hydrogen-bond acceptors (Lipinski definition) is 5. The molecule has 0 bridgehead atoms. The SMILES string of the molecule is NS(=O)(=O)c1ccc(N2CCOCC2)c(C(=O)NCC2(c3ccccc3)CCC2)c1. The van der Waals surface area contributed by atoms with Crippen LogP contribution >= 0.6 is 0 Å². The molecular weight excluding hydrogens is 402 g/mol. The smallest absolute Gasteiger partial charge is 0.253 e. The van der Waals surface area contributed by atoms with E-state index in [4.69, 9.17) is 9.88 Å². The monoisotopic (exact) mass is 429 g/mol. The van der Waals surface area contributed by atoms with Crippen molar-refractivity contribution in [2.24, 2.45) is 5.14 Å². The quantitative estimate of drug-likeness (QED) is 0.732. The van der Waals surface area contributed by atoms with Gasteiger partial charge in [0.05, 0.1) is 23.7 Å². The van der Waals surface area contributed by atoms with E-state index in [0.29, 0.717) is 44.1 Å². The summed E-state index contributed by atoms with van der Waals surface area (Å²) in [6.45, 7) is 2.92. The fourth-order valence-electron chi connectivity index (χ4n) is 4.26. The highest BCUT2D eigenvalue weighted by atomic mass is 32.2. The molecule has 160 valence electrons. The molecule has 0 unspecified atom stereocenters. The van der Waals surface area contributed by atoms with Gasteiger partial charge >= 0.3 is 0 Å². The van der Waals surface area contributed by atoms with Crippen LogP contribution in [0.5, 0.6) is 0 Å². The van der Waals surface area contributed by atoms with Crippen LogP contribution in [0, 0.1) is 0 Å². The van der Waals surface area contributed by atoms with E-state index in [0.717, 1.165) is 19.3 Å². The zero-order valence-corrected chi connectivity index (χ0v) is 17.7. The minimum absolute atomic E-state index is 0.0619. The van der Waals surface area contributed by atoms with Crippen LogP contribution in [-0.2, 0) is 20.2 Å². The normalized spacial score (nSPS) is 18.5. The van der Waals surface area contributed by atoms with Gasteiger partial charge in [0, 0.05) is 30.7 Å². The van der Waals surface area contributed by atoms with Crippen molar-refractivity contribution >= 4 is 21.6 Å². The maximum absolute atomic E-state index is 13.2. The van der Waals surface area contributed by atoms with Crippen LogP contribution in [0.1, 0.15) is 35.2 Å². The van der Waals surface area contributed by atoms with E-state index < -0.39 is 10.0 Å². The van der Waals surface area contributed by atoms with Crippen molar-refractivity contribution in [2.75, 3.05) is 37.7 Å². The average Bonchev–Trinajstić information content (AvgIpc) is 2.73. The Hall–Kier alpha value is -2.42. The number of morpholine rings is 1. The molecule has 2 fully saturated rings. The Kier molecular flexibility index (Phi) is 5.81. The lowest BCUT2D eigenvalue weighted by atomic mass is 9.64. The topological polar surface area (TPSA) is 102 Å². The molecule has 1 aliphatic heterocycles. The van der Waals surface area contributed by atoms with Crippen molar-refractivity contribution in [3.05, 3.63) is 59.7 Å². The molecule has 0 atom stereocenters. The fourth-order valence-corrected chi connectivity index (χ4v) is 4.80. The van der Waals surface area contributed by atoms with Crippen LogP contribution in [0.25, 0.3) is 0 Å². The molecule has 0 radical (unpaired) electrons. The summed E-state index contributed by atoms with van der Waals surface area (Å²) in [5, 5.41) is 8.38. The Morgan fingerprint density at radius 1 is 1.10 bits per heavy atom. The number of primary sulfonamides is 1. The molecule has 1 saturated carbocycles. The lowest BCUT2D eigenvalue weighted by molar-refractivity contribution is 0.0926. The zero-order chi connectivity index (χ0) is 21.2. The maximum Gasteiger partial charge on any atom is 0.253 e. The minimum atomic E-state index is -3.91. The first-order valence-electron chi connectivity index (χ1n) is 10.2. The van der Waals surface area contributed by atoms with Gasteiger partial charge in [0.2, 0.25) is 10.0 Å². The number of nitrogens with two attached hydrogens (primary N) is 1. The number of ether oxygens (including phenoxy) is 1. The van der Waals surface area contributed by atoms with Gasteiger partial charge in [-0.1, -0.05) is 36.8 Å². The Balaban J connectivity index is 1.60. The number of carbonyl (C=O) groups excluding carboxylic acids is 1. The van der Waals surface area contributed by atoms with E-state index in [1.807, 2.05) is 23.1 Å². The molecule has 4 rings (SSSR count). The number of hydrogen-bond donors (Lipinski definition) is 2. The average molecular weight is 430 g/mol. The summed E-state index contributed by atoms with van der Waals surface area (Å²) in [6, 6.07) is 14.7. The largest absolute Gasteiger partial charge is 0.378 e. The third-order valence-electron chi connectivity index (χ3n) is 6.18. The second-order valence-corrected chi connectivity index (χ2v) is 9.57. The molecule has 2 aromatic rings. The van der Waals surface area contributed by atoms with Crippen molar-refractivity contribution in [2.45, 2.75) is 29.6 Å². The van der Waals surface area contributed by atoms with Gasteiger partial charge in [-0.15, -0.1) is 0 Å².